The lowest BCUT2D eigenvalue weighted by Gasteiger charge is -2.21. The maximum atomic E-state index is 12.9. The summed E-state index contributed by atoms with van der Waals surface area (Å²) in [5, 5.41) is 9.80. The molecule has 12 heteroatoms. The van der Waals surface area contributed by atoms with Crippen molar-refractivity contribution in [2.45, 2.75) is 251 Å². The third-order valence-corrected chi connectivity index (χ3v) is 12.7. The molecule has 0 aliphatic carbocycles. The minimum absolute atomic E-state index is 0.146. The van der Waals surface area contributed by atoms with Gasteiger partial charge in [0, 0.05) is 19.3 Å². The number of rotatable bonds is 52. The molecular formula is C60H103O11P. The van der Waals surface area contributed by atoms with Crippen molar-refractivity contribution in [2.24, 2.45) is 0 Å². The second kappa shape index (κ2) is 53.9. The summed E-state index contributed by atoms with van der Waals surface area (Å²) in [7, 11) is -4.76. The molecule has 0 bridgehead atoms. The number of phosphoric ester groups is 1. The fourth-order valence-corrected chi connectivity index (χ4v) is 8.27. The highest BCUT2D eigenvalue weighted by molar-refractivity contribution is 7.47. The van der Waals surface area contributed by atoms with Crippen LogP contribution in [0.5, 0.6) is 0 Å². The zero-order chi connectivity index (χ0) is 52.7. The normalized spacial score (nSPS) is 14.0. The third kappa shape index (κ3) is 51.6. The first kappa shape index (κ1) is 68.7. The van der Waals surface area contributed by atoms with Gasteiger partial charge in [-0.15, -0.1) is 0 Å². The molecule has 0 spiro atoms. The van der Waals surface area contributed by atoms with Gasteiger partial charge in [-0.25, -0.2) is 4.57 Å². The highest BCUT2D eigenvalue weighted by atomic mass is 31.2. The number of hydrogen-bond donors (Lipinski definition) is 2. The van der Waals surface area contributed by atoms with Crippen molar-refractivity contribution < 1.29 is 52.2 Å². The molecule has 0 rings (SSSR count). The Balaban J connectivity index is 4.81. The van der Waals surface area contributed by atoms with Crippen LogP contribution >= 0.6 is 7.82 Å². The van der Waals surface area contributed by atoms with Crippen LogP contribution in [-0.4, -0.2) is 66.5 Å². The lowest BCUT2D eigenvalue weighted by molar-refractivity contribution is -0.161. The lowest BCUT2D eigenvalue weighted by atomic mass is 10.0. The van der Waals surface area contributed by atoms with E-state index in [0.717, 1.165) is 103 Å². The number of unbranched alkanes of at least 4 members (excludes halogenated alkanes) is 21. The summed E-state index contributed by atoms with van der Waals surface area (Å²) < 4.78 is 39.4. The van der Waals surface area contributed by atoms with Crippen LogP contribution in [0.25, 0.3) is 0 Å². The SMILES string of the molecule is CC/C=C\C/C=C\C/C=C\C/C=C\C/C=C\CCCC(=O)OCC(COP(=O)(O)OCC(CO)OC(=O)CCCCCCC/C=C\C/C=C\CCC)OC(=O)CCCCCCCCCCCCCCCCC. The molecular weight excluding hydrogens is 928 g/mol. The quantitative estimate of drug-likeness (QED) is 0.0197. The fourth-order valence-electron chi connectivity index (χ4n) is 7.49. The van der Waals surface area contributed by atoms with Crippen LogP contribution in [0.1, 0.15) is 239 Å². The van der Waals surface area contributed by atoms with E-state index in [2.05, 4.69) is 99.8 Å². The Bertz CT molecular complexity index is 1530. The average molecular weight is 1030 g/mol. The van der Waals surface area contributed by atoms with E-state index in [4.69, 9.17) is 23.3 Å². The molecule has 0 heterocycles. The minimum Gasteiger partial charge on any atom is -0.462 e. The minimum atomic E-state index is -4.76. The predicted octanol–water partition coefficient (Wildman–Crippen LogP) is 16.7. The molecule has 11 nitrogen and oxygen atoms in total. The number of aliphatic hydroxyl groups is 1. The first-order chi connectivity index (χ1) is 35.2. The number of esters is 3. The molecule has 3 unspecified atom stereocenters. The first-order valence-electron chi connectivity index (χ1n) is 28.5. The largest absolute Gasteiger partial charge is 0.472 e. The Morgan fingerprint density at radius 2 is 0.764 bits per heavy atom. The smallest absolute Gasteiger partial charge is 0.462 e. The van der Waals surface area contributed by atoms with Gasteiger partial charge in [0.15, 0.2) is 6.10 Å². The summed E-state index contributed by atoms with van der Waals surface area (Å²) in [6.07, 6.45) is 61.2. The molecule has 0 saturated heterocycles. The molecule has 0 saturated carbocycles. The van der Waals surface area contributed by atoms with Gasteiger partial charge in [-0.1, -0.05) is 221 Å². The van der Waals surface area contributed by atoms with E-state index in [-0.39, 0.29) is 25.9 Å². The van der Waals surface area contributed by atoms with Gasteiger partial charge in [-0.05, 0) is 83.5 Å². The van der Waals surface area contributed by atoms with E-state index >= 15 is 0 Å². The van der Waals surface area contributed by atoms with Crippen molar-refractivity contribution >= 4 is 25.7 Å². The predicted molar refractivity (Wildman–Crippen MR) is 298 cm³/mol. The standard InChI is InChI=1S/C60H103O11P/c1-4-7-10-13-16-19-22-25-27-28-30-32-34-37-40-43-46-49-58(62)67-53-57(71-60(64)51-48-45-42-39-36-33-29-26-23-20-17-14-11-8-5-2)55-69-72(65,66)68-54-56(52-61)70-59(63)50-47-44-41-38-35-31-24-21-18-15-12-9-6-3/h7,10,12,15-16,19,21,24-25,27,30,32,37,40,56-57,61H,4-6,8-9,11,13-14,17-18,20,22-23,26,28-29,31,33-36,38-39,41-55H2,1-3H3,(H,65,66)/b10-7-,15-12-,19-16-,24-21-,27-25-,32-30-,40-37-. The van der Waals surface area contributed by atoms with Crippen molar-refractivity contribution in [3.8, 4) is 0 Å². The number of carbonyl (C=O) groups is 3. The van der Waals surface area contributed by atoms with Crippen molar-refractivity contribution in [3.05, 3.63) is 85.1 Å². The number of hydrogen-bond acceptors (Lipinski definition) is 10. The lowest BCUT2D eigenvalue weighted by Crippen LogP contribution is -2.30. The number of carbonyl (C=O) groups excluding carboxylic acids is 3. The summed E-state index contributed by atoms with van der Waals surface area (Å²) in [6.45, 7) is 4.39. The van der Waals surface area contributed by atoms with Crippen LogP contribution in [-0.2, 0) is 42.2 Å². The zero-order valence-corrected chi connectivity index (χ0v) is 46.5. The summed E-state index contributed by atoms with van der Waals surface area (Å²) in [4.78, 5) is 48.5. The van der Waals surface area contributed by atoms with Gasteiger partial charge in [0.1, 0.15) is 12.7 Å². The Morgan fingerprint density at radius 1 is 0.403 bits per heavy atom. The van der Waals surface area contributed by atoms with E-state index in [1.807, 2.05) is 6.08 Å². The third-order valence-electron chi connectivity index (χ3n) is 11.8. The highest BCUT2D eigenvalue weighted by Gasteiger charge is 2.28. The molecule has 0 amide bonds. The van der Waals surface area contributed by atoms with Crippen molar-refractivity contribution in [1.82, 2.24) is 0 Å². The van der Waals surface area contributed by atoms with Gasteiger partial charge in [0.2, 0.25) is 0 Å². The van der Waals surface area contributed by atoms with Gasteiger partial charge < -0.3 is 24.2 Å². The van der Waals surface area contributed by atoms with Crippen LogP contribution < -0.4 is 0 Å². The number of phosphoric acid groups is 1. The first-order valence-corrected chi connectivity index (χ1v) is 30.0. The second-order valence-electron chi connectivity index (χ2n) is 18.7. The van der Waals surface area contributed by atoms with Crippen LogP contribution in [0.4, 0.5) is 0 Å². The van der Waals surface area contributed by atoms with Gasteiger partial charge >= 0.3 is 25.7 Å². The second-order valence-corrected chi connectivity index (χ2v) is 20.2. The molecule has 2 N–H and O–H groups in total. The topological polar surface area (TPSA) is 155 Å². The van der Waals surface area contributed by atoms with E-state index in [9.17, 15) is 28.9 Å². The molecule has 0 fully saturated rings. The molecule has 0 aliphatic rings. The van der Waals surface area contributed by atoms with Gasteiger partial charge in [0.05, 0.1) is 19.8 Å². The molecule has 3 atom stereocenters. The maximum absolute atomic E-state index is 12.9. The molecule has 414 valence electrons. The van der Waals surface area contributed by atoms with Gasteiger partial charge in [-0.2, -0.15) is 0 Å². The summed E-state index contributed by atoms with van der Waals surface area (Å²) in [6, 6.07) is 0. The van der Waals surface area contributed by atoms with Crippen molar-refractivity contribution in [1.29, 1.82) is 0 Å². The molecule has 0 radical (unpaired) electrons. The van der Waals surface area contributed by atoms with E-state index in [1.165, 1.54) is 70.6 Å². The fraction of sp³-hybridized carbons (Fsp3) is 0.717. The molecule has 0 aromatic rings. The van der Waals surface area contributed by atoms with Crippen LogP contribution in [0.2, 0.25) is 0 Å². The Morgan fingerprint density at radius 3 is 1.21 bits per heavy atom. The Kier molecular flexibility index (Phi) is 51.4. The average Bonchev–Trinajstić information content (AvgIpc) is 3.37. The number of aliphatic hydroxyl groups excluding tert-OH is 1. The Hall–Kier alpha value is -3.34. The van der Waals surface area contributed by atoms with Gasteiger partial charge in [-0.3, -0.25) is 23.4 Å². The molecule has 72 heavy (non-hydrogen) atoms. The van der Waals surface area contributed by atoms with Crippen LogP contribution in [0.15, 0.2) is 85.1 Å². The number of ether oxygens (including phenoxy) is 3. The monoisotopic (exact) mass is 1030 g/mol. The molecule has 0 aromatic carbocycles. The van der Waals surface area contributed by atoms with E-state index < -0.39 is 57.8 Å². The van der Waals surface area contributed by atoms with E-state index in [1.54, 1.807) is 0 Å². The van der Waals surface area contributed by atoms with Crippen LogP contribution in [0, 0.1) is 0 Å². The molecule has 0 aliphatic heterocycles. The summed E-state index contributed by atoms with van der Waals surface area (Å²) >= 11 is 0. The van der Waals surface area contributed by atoms with Crippen molar-refractivity contribution in [3.63, 3.8) is 0 Å². The van der Waals surface area contributed by atoms with Gasteiger partial charge in [0.25, 0.3) is 0 Å². The Labute approximate surface area is 439 Å². The van der Waals surface area contributed by atoms with Crippen molar-refractivity contribution in [2.75, 3.05) is 26.4 Å². The number of allylic oxidation sites excluding steroid dienone is 14. The highest BCUT2D eigenvalue weighted by Crippen LogP contribution is 2.43. The zero-order valence-electron chi connectivity index (χ0n) is 45.6. The maximum Gasteiger partial charge on any atom is 0.472 e. The van der Waals surface area contributed by atoms with E-state index in [0.29, 0.717) is 25.7 Å². The summed E-state index contributed by atoms with van der Waals surface area (Å²) in [5.41, 5.74) is 0. The molecule has 0 aromatic heterocycles. The van der Waals surface area contributed by atoms with Crippen LogP contribution in [0.3, 0.4) is 0 Å². The summed E-state index contributed by atoms with van der Waals surface area (Å²) in [5.74, 6) is -1.55.